The van der Waals surface area contributed by atoms with E-state index in [1.54, 1.807) is 49.4 Å². The SMILES string of the molecule is CCC(C(=O)NC(C)(C)C)N(Cc1ccc(Cl)cc1)C(=O)CN(c1cccc(Cl)c1Cl)S(=O)(=O)c1ccc(C)cc1. The number of anilines is 1. The summed E-state index contributed by atoms with van der Waals surface area (Å²) in [6.07, 6.45) is 0.296. The monoisotopic (exact) mass is 637 g/mol. The molecule has 3 aromatic rings. The van der Waals surface area contributed by atoms with Gasteiger partial charge in [-0.3, -0.25) is 13.9 Å². The van der Waals surface area contributed by atoms with Crippen LogP contribution in [0.3, 0.4) is 0 Å². The van der Waals surface area contributed by atoms with Crippen molar-refractivity contribution >= 4 is 62.3 Å². The van der Waals surface area contributed by atoms with Crippen molar-refractivity contribution in [1.29, 1.82) is 0 Å². The van der Waals surface area contributed by atoms with Crippen LogP contribution >= 0.6 is 34.8 Å². The van der Waals surface area contributed by atoms with Gasteiger partial charge in [0, 0.05) is 17.1 Å². The Morgan fingerprint density at radius 3 is 2.10 bits per heavy atom. The van der Waals surface area contributed by atoms with E-state index in [0.717, 1.165) is 15.4 Å². The van der Waals surface area contributed by atoms with Crippen molar-refractivity contribution in [3.8, 4) is 0 Å². The third-order valence-electron chi connectivity index (χ3n) is 6.24. The Labute approximate surface area is 257 Å². The minimum atomic E-state index is -4.27. The molecule has 0 heterocycles. The van der Waals surface area contributed by atoms with Crippen LogP contribution in [-0.4, -0.2) is 43.3 Å². The molecule has 0 spiro atoms. The summed E-state index contributed by atoms with van der Waals surface area (Å²) in [5.74, 6) is -0.946. The largest absolute Gasteiger partial charge is 0.350 e. The molecule has 3 rings (SSSR count). The van der Waals surface area contributed by atoms with Crippen molar-refractivity contribution in [2.75, 3.05) is 10.8 Å². The number of rotatable bonds is 10. The van der Waals surface area contributed by atoms with Gasteiger partial charge in [0.05, 0.1) is 20.6 Å². The van der Waals surface area contributed by atoms with Gasteiger partial charge in [0.15, 0.2) is 0 Å². The molecule has 11 heteroatoms. The molecule has 1 unspecified atom stereocenters. The molecule has 1 atom stereocenters. The van der Waals surface area contributed by atoms with E-state index in [0.29, 0.717) is 11.4 Å². The highest BCUT2D eigenvalue weighted by Crippen LogP contribution is 2.35. The maximum absolute atomic E-state index is 14.1. The third kappa shape index (κ3) is 8.38. The van der Waals surface area contributed by atoms with E-state index in [-0.39, 0.29) is 33.1 Å². The van der Waals surface area contributed by atoms with Gasteiger partial charge in [-0.1, -0.05) is 77.6 Å². The molecule has 41 heavy (non-hydrogen) atoms. The fraction of sp³-hybridized carbons (Fsp3) is 0.333. The van der Waals surface area contributed by atoms with E-state index in [4.69, 9.17) is 34.8 Å². The summed E-state index contributed by atoms with van der Waals surface area (Å²) in [5, 5.41) is 3.58. The van der Waals surface area contributed by atoms with Crippen LogP contribution in [0.25, 0.3) is 0 Å². The van der Waals surface area contributed by atoms with Gasteiger partial charge in [0.1, 0.15) is 12.6 Å². The van der Waals surface area contributed by atoms with Gasteiger partial charge in [-0.25, -0.2) is 8.42 Å². The molecule has 0 bridgehead atoms. The van der Waals surface area contributed by atoms with Crippen LogP contribution in [0.2, 0.25) is 15.1 Å². The van der Waals surface area contributed by atoms with E-state index >= 15 is 0 Å². The molecular weight excluding hydrogens is 605 g/mol. The van der Waals surface area contributed by atoms with E-state index in [9.17, 15) is 18.0 Å². The van der Waals surface area contributed by atoms with E-state index in [2.05, 4.69) is 5.32 Å². The fourth-order valence-corrected chi connectivity index (χ4v) is 6.19. The molecule has 2 amide bonds. The highest BCUT2D eigenvalue weighted by atomic mass is 35.5. The number of hydrogen-bond acceptors (Lipinski definition) is 4. The van der Waals surface area contributed by atoms with Gasteiger partial charge in [-0.2, -0.15) is 0 Å². The van der Waals surface area contributed by atoms with Crippen LogP contribution in [0.1, 0.15) is 45.2 Å². The molecule has 1 N–H and O–H groups in total. The summed E-state index contributed by atoms with van der Waals surface area (Å²) in [6.45, 7) is 8.61. The van der Waals surface area contributed by atoms with Crippen molar-refractivity contribution < 1.29 is 18.0 Å². The Hall–Kier alpha value is -2.78. The topological polar surface area (TPSA) is 86.8 Å². The molecule has 0 radical (unpaired) electrons. The molecular formula is C30H34Cl3N3O4S. The van der Waals surface area contributed by atoms with Crippen LogP contribution in [0.4, 0.5) is 5.69 Å². The molecule has 0 aliphatic carbocycles. The minimum Gasteiger partial charge on any atom is -0.350 e. The van der Waals surface area contributed by atoms with Crippen molar-refractivity contribution in [3.05, 3.63) is 92.9 Å². The van der Waals surface area contributed by atoms with Crippen molar-refractivity contribution in [2.45, 2.75) is 64.1 Å². The normalized spacial score (nSPS) is 12.5. The standard InChI is InChI=1S/C30H34Cl3N3O4S/c1-6-25(29(38)34-30(3,4)5)35(18-21-12-14-22(31)15-13-21)27(37)19-36(26-9-7-8-24(32)28(26)33)41(39,40)23-16-10-20(2)11-17-23/h7-17,25H,6,18-19H2,1-5H3,(H,34,38). The Bertz CT molecular complexity index is 1490. The lowest BCUT2D eigenvalue weighted by Gasteiger charge is -2.35. The second-order valence-electron chi connectivity index (χ2n) is 10.7. The van der Waals surface area contributed by atoms with Gasteiger partial charge >= 0.3 is 0 Å². The average Bonchev–Trinajstić information content (AvgIpc) is 2.89. The molecule has 0 saturated heterocycles. The first-order valence-corrected chi connectivity index (χ1v) is 15.6. The number of nitrogens with zero attached hydrogens (tertiary/aromatic N) is 2. The number of aryl methyl sites for hydroxylation is 1. The van der Waals surface area contributed by atoms with Gasteiger partial charge < -0.3 is 10.2 Å². The molecule has 0 fully saturated rings. The lowest BCUT2D eigenvalue weighted by Crippen LogP contribution is -2.55. The summed E-state index contributed by atoms with van der Waals surface area (Å²) < 4.78 is 28.9. The maximum Gasteiger partial charge on any atom is 0.264 e. The van der Waals surface area contributed by atoms with E-state index in [1.807, 2.05) is 27.7 Å². The molecule has 220 valence electrons. The predicted octanol–water partition coefficient (Wildman–Crippen LogP) is 6.87. The second kappa shape index (κ2) is 13.5. The first-order chi connectivity index (χ1) is 19.1. The minimum absolute atomic E-state index is 0.0144. The number of benzene rings is 3. The quantitative estimate of drug-likeness (QED) is 0.263. The summed E-state index contributed by atoms with van der Waals surface area (Å²) in [4.78, 5) is 28.9. The first-order valence-electron chi connectivity index (χ1n) is 13.0. The third-order valence-corrected chi connectivity index (χ3v) is 9.07. The Morgan fingerprint density at radius 1 is 0.927 bits per heavy atom. The number of nitrogens with one attached hydrogen (secondary N) is 1. The van der Waals surface area contributed by atoms with Crippen LogP contribution in [0.5, 0.6) is 0 Å². The van der Waals surface area contributed by atoms with Crippen molar-refractivity contribution in [2.24, 2.45) is 0 Å². The number of amides is 2. The molecule has 0 aliphatic rings. The van der Waals surface area contributed by atoms with Gasteiger partial charge in [-0.05, 0) is 76.1 Å². The van der Waals surface area contributed by atoms with Crippen molar-refractivity contribution in [3.63, 3.8) is 0 Å². The summed E-state index contributed by atoms with van der Waals surface area (Å²) in [5.41, 5.74) is 1.09. The zero-order valence-corrected chi connectivity index (χ0v) is 26.7. The zero-order chi connectivity index (χ0) is 30.5. The smallest absolute Gasteiger partial charge is 0.264 e. The van der Waals surface area contributed by atoms with Gasteiger partial charge in [0.2, 0.25) is 11.8 Å². The molecule has 0 saturated carbocycles. The van der Waals surface area contributed by atoms with Crippen LogP contribution in [-0.2, 0) is 26.2 Å². The zero-order valence-electron chi connectivity index (χ0n) is 23.6. The Kier molecular flexibility index (Phi) is 10.7. The maximum atomic E-state index is 14.1. The molecule has 7 nitrogen and oxygen atoms in total. The van der Waals surface area contributed by atoms with Gasteiger partial charge in [-0.15, -0.1) is 0 Å². The summed E-state index contributed by atoms with van der Waals surface area (Å²) in [7, 11) is -4.27. The number of halogens is 3. The fourth-order valence-electron chi connectivity index (χ4n) is 4.19. The Balaban J connectivity index is 2.11. The van der Waals surface area contributed by atoms with E-state index in [1.165, 1.54) is 29.2 Å². The molecule has 0 aliphatic heterocycles. The van der Waals surface area contributed by atoms with E-state index < -0.39 is 34.1 Å². The van der Waals surface area contributed by atoms with Crippen LogP contribution < -0.4 is 9.62 Å². The summed E-state index contributed by atoms with van der Waals surface area (Å²) >= 11 is 18.8. The number of carbonyl (C=O) groups excluding carboxylic acids is 2. The lowest BCUT2D eigenvalue weighted by atomic mass is 10.1. The number of hydrogen-bond donors (Lipinski definition) is 1. The second-order valence-corrected chi connectivity index (χ2v) is 13.8. The van der Waals surface area contributed by atoms with Crippen LogP contribution in [0, 0.1) is 6.92 Å². The molecule has 0 aromatic heterocycles. The van der Waals surface area contributed by atoms with Gasteiger partial charge in [0.25, 0.3) is 10.0 Å². The summed E-state index contributed by atoms with van der Waals surface area (Å²) in [6, 6.07) is 16.9. The predicted molar refractivity (Wildman–Crippen MR) is 166 cm³/mol. The Morgan fingerprint density at radius 2 is 1.54 bits per heavy atom. The van der Waals surface area contributed by atoms with Crippen molar-refractivity contribution in [1.82, 2.24) is 10.2 Å². The molecule has 3 aromatic carbocycles. The number of sulfonamides is 1. The average molecular weight is 639 g/mol. The van der Waals surface area contributed by atoms with Crippen LogP contribution in [0.15, 0.2) is 71.6 Å². The first kappa shape index (κ1) is 32.7. The highest BCUT2D eigenvalue weighted by Gasteiger charge is 2.35. The number of carbonyl (C=O) groups is 2. The highest BCUT2D eigenvalue weighted by molar-refractivity contribution is 7.92. The lowest BCUT2D eigenvalue weighted by molar-refractivity contribution is -0.141.